The largest absolute Gasteiger partial charge is 0.351 e. The number of aromatic amines is 1. The molecule has 4 N–H and O–H groups in total. The lowest BCUT2D eigenvalue weighted by Gasteiger charge is -2.01. The summed E-state index contributed by atoms with van der Waals surface area (Å²) < 4.78 is 0.719. The molecule has 0 aliphatic carbocycles. The zero-order valence-corrected chi connectivity index (χ0v) is 8.46. The maximum atomic E-state index is 5.20. The van der Waals surface area contributed by atoms with Crippen molar-refractivity contribution in [2.45, 2.75) is 20.8 Å². The van der Waals surface area contributed by atoms with Crippen LogP contribution in [0.5, 0.6) is 0 Å². The van der Waals surface area contributed by atoms with Crippen molar-refractivity contribution in [1.82, 2.24) is 4.98 Å². The van der Waals surface area contributed by atoms with Crippen molar-refractivity contribution >= 4 is 17.9 Å². The van der Waals surface area contributed by atoms with Crippen LogP contribution in [-0.4, -0.2) is 4.98 Å². The van der Waals surface area contributed by atoms with Gasteiger partial charge in [0.2, 0.25) is 0 Å². The lowest BCUT2D eigenvalue weighted by atomic mass is 10.3. The van der Waals surface area contributed by atoms with Gasteiger partial charge in [-0.15, -0.1) is 0 Å². The number of hydrogen-bond acceptors (Lipinski definition) is 3. The Morgan fingerprint density at radius 1 is 1.50 bits per heavy atom. The van der Waals surface area contributed by atoms with Gasteiger partial charge in [-0.3, -0.25) is 5.84 Å². The van der Waals surface area contributed by atoms with E-state index in [1.165, 1.54) is 0 Å². The van der Waals surface area contributed by atoms with Gasteiger partial charge in [-0.1, -0.05) is 26.1 Å². The second kappa shape index (κ2) is 5.74. The van der Waals surface area contributed by atoms with Crippen molar-refractivity contribution in [3.63, 3.8) is 0 Å². The Bertz CT molecular complexity index is 280. The summed E-state index contributed by atoms with van der Waals surface area (Å²) >= 11 is 4.88. The van der Waals surface area contributed by atoms with Gasteiger partial charge in [0, 0.05) is 6.20 Å². The number of rotatable bonds is 1. The van der Waals surface area contributed by atoms with Crippen molar-refractivity contribution in [2.24, 2.45) is 5.84 Å². The summed E-state index contributed by atoms with van der Waals surface area (Å²) in [5.74, 6) is 5.20. The Morgan fingerprint density at radius 2 is 2.08 bits per heavy atom. The molecular weight excluding hydrogens is 170 g/mol. The third kappa shape index (κ3) is 3.02. The molecule has 3 nitrogen and oxygen atoms in total. The van der Waals surface area contributed by atoms with Gasteiger partial charge in [-0.2, -0.15) is 0 Å². The molecule has 0 aromatic carbocycles. The van der Waals surface area contributed by atoms with Crippen molar-refractivity contribution < 1.29 is 0 Å². The number of nitrogens with one attached hydrogen (secondary N) is 2. The highest BCUT2D eigenvalue weighted by molar-refractivity contribution is 7.71. The highest BCUT2D eigenvalue weighted by Crippen LogP contribution is 2.09. The molecule has 0 saturated carbocycles. The van der Waals surface area contributed by atoms with Gasteiger partial charge in [0.05, 0.1) is 5.69 Å². The highest BCUT2D eigenvalue weighted by atomic mass is 32.1. The van der Waals surface area contributed by atoms with E-state index in [0.29, 0.717) is 0 Å². The molecule has 1 rings (SSSR count). The molecule has 0 aliphatic rings. The van der Waals surface area contributed by atoms with Crippen LogP contribution in [0.4, 0.5) is 5.69 Å². The Labute approximate surface area is 78.0 Å². The van der Waals surface area contributed by atoms with Crippen LogP contribution < -0.4 is 11.3 Å². The molecule has 1 aromatic heterocycles. The molecule has 1 aromatic rings. The summed E-state index contributed by atoms with van der Waals surface area (Å²) in [6, 6.07) is 1.85. The number of hydrogen-bond donors (Lipinski definition) is 3. The first-order valence-corrected chi connectivity index (χ1v) is 4.31. The van der Waals surface area contributed by atoms with E-state index in [1.54, 1.807) is 6.20 Å². The first-order valence-electron chi connectivity index (χ1n) is 3.90. The number of aryl methyl sites for hydroxylation is 1. The van der Waals surface area contributed by atoms with Gasteiger partial charge in [0.15, 0.2) is 0 Å². The Hall–Kier alpha value is -0.870. The molecule has 4 heteroatoms. The van der Waals surface area contributed by atoms with Crippen LogP contribution in [0, 0.1) is 11.6 Å². The predicted octanol–water partition coefficient (Wildman–Crippen LogP) is 2.36. The SMILES string of the molecule is CC.Cc1cc(=S)[nH]cc1NN. The number of H-pyrrole nitrogens is 1. The van der Waals surface area contributed by atoms with Gasteiger partial charge < -0.3 is 10.4 Å². The minimum atomic E-state index is 0.719. The quantitative estimate of drug-likeness (QED) is 0.357. The van der Waals surface area contributed by atoms with Crippen molar-refractivity contribution in [3.05, 3.63) is 22.5 Å². The standard InChI is InChI=1S/C6H9N3S.C2H6/c1-4-2-6(10)8-3-5(4)9-7;1-2/h2-3,9H,7H2,1H3,(H,8,10);1-2H3. The van der Waals surface area contributed by atoms with Crippen LogP contribution in [-0.2, 0) is 0 Å². The van der Waals surface area contributed by atoms with Crippen LogP contribution in [0.25, 0.3) is 0 Å². The first kappa shape index (κ1) is 11.1. The highest BCUT2D eigenvalue weighted by Gasteiger charge is 1.91. The van der Waals surface area contributed by atoms with Crippen LogP contribution in [0.3, 0.4) is 0 Å². The number of nitrogens with two attached hydrogens (primary N) is 1. The molecule has 68 valence electrons. The smallest absolute Gasteiger partial charge is 0.103 e. The molecule has 0 atom stereocenters. The minimum Gasteiger partial charge on any atom is -0.351 e. The summed E-state index contributed by atoms with van der Waals surface area (Å²) in [5, 5.41) is 0. The van der Waals surface area contributed by atoms with Crippen molar-refractivity contribution in [2.75, 3.05) is 5.43 Å². The predicted molar refractivity (Wildman–Crippen MR) is 55.5 cm³/mol. The summed E-state index contributed by atoms with van der Waals surface area (Å²) in [5.41, 5.74) is 4.46. The lowest BCUT2D eigenvalue weighted by molar-refractivity contribution is 1.22. The molecular formula is C8H15N3S. The molecule has 12 heavy (non-hydrogen) atoms. The third-order valence-electron chi connectivity index (χ3n) is 1.29. The Balaban J connectivity index is 0.000000561. The van der Waals surface area contributed by atoms with Gasteiger partial charge in [-0.05, 0) is 18.6 Å². The molecule has 0 bridgehead atoms. The maximum Gasteiger partial charge on any atom is 0.103 e. The molecule has 0 spiro atoms. The van der Waals surface area contributed by atoms with Gasteiger partial charge in [-0.25, -0.2) is 0 Å². The number of nitrogen functional groups attached to an aromatic ring is 1. The van der Waals surface area contributed by atoms with E-state index in [1.807, 2.05) is 26.8 Å². The van der Waals surface area contributed by atoms with E-state index >= 15 is 0 Å². The average Bonchev–Trinajstić information content (AvgIpc) is 2.08. The van der Waals surface area contributed by atoms with E-state index in [0.717, 1.165) is 15.9 Å². The second-order valence-corrected chi connectivity index (χ2v) is 2.48. The monoisotopic (exact) mass is 185 g/mol. The number of aromatic nitrogens is 1. The first-order chi connectivity index (χ1) is 5.74. The molecule has 0 aliphatic heterocycles. The number of anilines is 1. The van der Waals surface area contributed by atoms with Crippen molar-refractivity contribution in [3.8, 4) is 0 Å². The zero-order chi connectivity index (χ0) is 9.56. The van der Waals surface area contributed by atoms with Crippen LogP contribution in [0.2, 0.25) is 0 Å². The van der Waals surface area contributed by atoms with E-state index in [9.17, 15) is 0 Å². The number of hydrazine groups is 1. The molecule has 0 radical (unpaired) electrons. The van der Waals surface area contributed by atoms with E-state index in [4.69, 9.17) is 18.1 Å². The van der Waals surface area contributed by atoms with Crippen LogP contribution in [0.15, 0.2) is 12.3 Å². The van der Waals surface area contributed by atoms with E-state index < -0.39 is 0 Å². The third-order valence-corrected chi connectivity index (χ3v) is 1.52. The molecule has 1 heterocycles. The van der Waals surface area contributed by atoms with Gasteiger partial charge >= 0.3 is 0 Å². The molecule has 0 fully saturated rings. The summed E-state index contributed by atoms with van der Waals surface area (Å²) in [6.07, 6.45) is 1.75. The molecule has 0 saturated heterocycles. The van der Waals surface area contributed by atoms with Gasteiger partial charge in [0.1, 0.15) is 4.64 Å². The Kier molecular flexibility index (Phi) is 5.32. The summed E-state index contributed by atoms with van der Waals surface area (Å²) in [4.78, 5) is 2.86. The second-order valence-electron chi connectivity index (χ2n) is 2.04. The van der Waals surface area contributed by atoms with Crippen molar-refractivity contribution in [1.29, 1.82) is 0 Å². The topological polar surface area (TPSA) is 53.8 Å². The van der Waals surface area contributed by atoms with Crippen LogP contribution >= 0.6 is 12.2 Å². The summed E-state index contributed by atoms with van der Waals surface area (Å²) in [6.45, 7) is 5.94. The minimum absolute atomic E-state index is 0.719. The van der Waals surface area contributed by atoms with E-state index in [2.05, 4.69) is 10.4 Å². The molecule has 0 unspecified atom stereocenters. The Morgan fingerprint density at radius 3 is 2.50 bits per heavy atom. The maximum absolute atomic E-state index is 5.20. The normalized spacial score (nSPS) is 8.33. The fourth-order valence-corrected chi connectivity index (χ4v) is 0.964. The molecule has 0 amide bonds. The summed E-state index contributed by atoms with van der Waals surface area (Å²) in [7, 11) is 0. The van der Waals surface area contributed by atoms with Gasteiger partial charge in [0.25, 0.3) is 0 Å². The van der Waals surface area contributed by atoms with E-state index in [-0.39, 0.29) is 0 Å². The zero-order valence-electron chi connectivity index (χ0n) is 7.64. The average molecular weight is 185 g/mol. The fourth-order valence-electron chi connectivity index (χ4n) is 0.729. The fraction of sp³-hybridized carbons (Fsp3) is 0.375. The number of pyridine rings is 1. The van der Waals surface area contributed by atoms with Crippen LogP contribution in [0.1, 0.15) is 19.4 Å². The lowest BCUT2D eigenvalue weighted by Crippen LogP contribution is -2.08.